The quantitative estimate of drug-likeness (QED) is 0.837. The van der Waals surface area contributed by atoms with Gasteiger partial charge in [0, 0.05) is 0 Å². The van der Waals surface area contributed by atoms with Crippen LogP contribution in [-0.4, -0.2) is 10.9 Å². The Labute approximate surface area is 134 Å². The van der Waals surface area contributed by atoms with Crippen LogP contribution in [-0.2, 0) is 0 Å². The number of hydrogen-bond donors (Lipinski definition) is 1. The third-order valence-electron chi connectivity index (χ3n) is 3.22. The first-order valence-corrected chi connectivity index (χ1v) is 7.46. The van der Waals surface area contributed by atoms with Crippen LogP contribution < -0.4 is 5.32 Å². The molecule has 0 radical (unpaired) electrons. The summed E-state index contributed by atoms with van der Waals surface area (Å²) in [6, 6.07) is 11.1. The van der Waals surface area contributed by atoms with E-state index >= 15 is 0 Å². The molecule has 110 valence electrons. The maximum Gasteiger partial charge on any atom is 0.271 e. The molecule has 0 aliphatic carbocycles. The summed E-state index contributed by atoms with van der Waals surface area (Å²) >= 11 is 11.8. The molecule has 0 aliphatic heterocycles. The maximum absolute atomic E-state index is 12.3. The number of carbonyl (C=O) groups is 1. The Morgan fingerprint density at radius 2 is 1.86 bits per heavy atom. The molecular formula is C16H16Cl2N2O. The highest BCUT2D eigenvalue weighted by atomic mass is 35.5. The topological polar surface area (TPSA) is 42.0 Å². The molecule has 1 unspecified atom stereocenters. The highest BCUT2D eigenvalue weighted by molar-refractivity contribution is 6.34. The van der Waals surface area contributed by atoms with Crippen LogP contribution in [0.3, 0.4) is 0 Å². The Bertz CT molecular complexity index is 641. The molecular weight excluding hydrogens is 307 g/mol. The highest BCUT2D eigenvalue weighted by Gasteiger charge is 2.17. The van der Waals surface area contributed by atoms with Gasteiger partial charge in [-0.2, -0.15) is 0 Å². The molecule has 1 amide bonds. The second-order valence-corrected chi connectivity index (χ2v) is 5.60. The summed E-state index contributed by atoms with van der Waals surface area (Å²) in [6.07, 6.45) is 0.771. The van der Waals surface area contributed by atoms with Gasteiger partial charge in [0.1, 0.15) is 10.8 Å². The zero-order valence-corrected chi connectivity index (χ0v) is 13.4. The molecule has 1 aromatic carbocycles. The summed E-state index contributed by atoms with van der Waals surface area (Å²) in [5, 5.41) is 3.47. The first-order chi connectivity index (χ1) is 10.0. The molecule has 0 bridgehead atoms. The first-order valence-electron chi connectivity index (χ1n) is 6.70. The van der Waals surface area contributed by atoms with Gasteiger partial charge < -0.3 is 5.32 Å². The summed E-state index contributed by atoms with van der Waals surface area (Å²) in [5.74, 6) is -0.324. The lowest BCUT2D eigenvalue weighted by molar-refractivity contribution is 0.0930. The van der Waals surface area contributed by atoms with Gasteiger partial charge in [0.05, 0.1) is 11.1 Å². The van der Waals surface area contributed by atoms with E-state index in [1.807, 2.05) is 38.1 Å². The minimum atomic E-state index is -0.324. The molecule has 3 nitrogen and oxygen atoms in total. The van der Waals surface area contributed by atoms with Gasteiger partial charge in [-0.1, -0.05) is 60.0 Å². The molecule has 5 heteroatoms. The normalized spacial score (nSPS) is 12.0. The monoisotopic (exact) mass is 322 g/mol. The van der Waals surface area contributed by atoms with Crippen molar-refractivity contribution >= 4 is 29.1 Å². The predicted molar refractivity (Wildman–Crippen MR) is 85.9 cm³/mol. The number of amides is 1. The molecule has 1 aromatic heterocycles. The Kier molecular flexibility index (Phi) is 5.21. The van der Waals surface area contributed by atoms with Gasteiger partial charge in [0.2, 0.25) is 0 Å². The number of nitrogens with zero attached hydrogens (tertiary/aromatic N) is 1. The summed E-state index contributed by atoms with van der Waals surface area (Å²) < 4.78 is 0. The van der Waals surface area contributed by atoms with Gasteiger partial charge in [-0.15, -0.1) is 0 Å². The zero-order chi connectivity index (χ0) is 15.4. The highest BCUT2D eigenvalue weighted by Crippen LogP contribution is 2.20. The molecule has 2 aromatic rings. The summed E-state index contributed by atoms with van der Waals surface area (Å²) in [7, 11) is 0. The van der Waals surface area contributed by atoms with Crippen LogP contribution in [0.1, 0.15) is 41.0 Å². The van der Waals surface area contributed by atoms with Gasteiger partial charge in [0.15, 0.2) is 0 Å². The lowest BCUT2D eigenvalue weighted by Crippen LogP contribution is -2.29. The fourth-order valence-electron chi connectivity index (χ4n) is 2.02. The van der Waals surface area contributed by atoms with Crippen LogP contribution >= 0.6 is 23.2 Å². The van der Waals surface area contributed by atoms with Crippen molar-refractivity contribution in [3.63, 3.8) is 0 Å². The molecule has 0 saturated carbocycles. The number of halogens is 2. The predicted octanol–water partition coefficient (Wildman–Crippen LogP) is 4.58. The number of hydrogen-bond acceptors (Lipinski definition) is 2. The average Bonchev–Trinajstić information content (AvgIpc) is 2.48. The second kappa shape index (κ2) is 6.92. The molecule has 1 N–H and O–H groups in total. The number of carbonyl (C=O) groups excluding carboxylic acids is 1. The van der Waals surface area contributed by atoms with E-state index in [0.717, 1.165) is 12.0 Å². The molecule has 0 aliphatic rings. The molecule has 2 rings (SSSR count). The van der Waals surface area contributed by atoms with E-state index in [-0.39, 0.29) is 27.8 Å². The summed E-state index contributed by atoms with van der Waals surface area (Å²) in [6.45, 7) is 4.04. The van der Waals surface area contributed by atoms with Crippen molar-refractivity contribution in [2.75, 3.05) is 0 Å². The second-order valence-electron chi connectivity index (χ2n) is 4.81. The van der Waals surface area contributed by atoms with Gasteiger partial charge in [-0.3, -0.25) is 4.79 Å². The molecule has 0 saturated heterocycles. The SMILES string of the molecule is CCC(NC(=O)c1nc(Cl)ccc1Cl)c1ccc(C)cc1. The number of rotatable bonds is 4. The van der Waals surface area contributed by atoms with Crippen LogP contribution in [0.15, 0.2) is 36.4 Å². The van der Waals surface area contributed by atoms with Gasteiger partial charge in [0.25, 0.3) is 5.91 Å². The lowest BCUT2D eigenvalue weighted by Gasteiger charge is -2.18. The number of benzene rings is 1. The minimum absolute atomic E-state index is 0.0880. The lowest BCUT2D eigenvalue weighted by atomic mass is 10.0. The van der Waals surface area contributed by atoms with E-state index in [2.05, 4.69) is 10.3 Å². The van der Waals surface area contributed by atoms with Crippen LogP contribution in [0.4, 0.5) is 0 Å². The van der Waals surface area contributed by atoms with E-state index in [0.29, 0.717) is 0 Å². The van der Waals surface area contributed by atoms with Crippen LogP contribution in [0.2, 0.25) is 10.2 Å². The third kappa shape index (κ3) is 3.96. The third-order valence-corrected chi connectivity index (χ3v) is 3.74. The largest absolute Gasteiger partial charge is 0.344 e. The van der Waals surface area contributed by atoms with Crippen molar-refractivity contribution in [1.29, 1.82) is 0 Å². The van der Waals surface area contributed by atoms with Crippen molar-refractivity contribution < 1.29 is 4.79 Å². The number of nitrogens with one attached hydrogen (secondary N) is 1. The standard InChI is InChI=1S/C16H16Cl2N2O/c1-3-13(11-6-4-10(2)5-7-11)19-16(21)15-12(17)8-9-14(18)20-15/h4-9,13H,3H2,1-2H3,(H,19,21). The minimum Gasteiger partial charge on any atom is -0.344 e. The van der Waals surface area contributed by atoms with Gasteiger partial charge in [-0.05, 0) is 31.0 Å². The van der Waals surface area contributed by atoms with Gasteiger partial charge >= 0.3 is 0 Å². The van der Waals surface area contributed by atoms with E-state index in [1.165, 1.54) is 5.56 Å². The van der Waals surface area contributed by atoms with Gasteiger partial charge in [-0.25, -0.2) is 4.98 Å². The average molecular weight is 323 g/mol. The van der Waals surface area contributed by atoms with E-state index in [1.54, 1.807) is 12.1 Å². The van der Waals surface area contributed by atoms with Crippen molar-refractivity contribution in [2.24, 2.45) is 0 Å². The molecule has 1 heterocycles. The molecule has 1 atom stereocenters. The van der Waals surface area contributed by atoms with Crippen molar-refractivity contribution in [2.45, 2.75) is 26.3 Å². The number of aromatic nitrogens is 1. The number of pyridine rings is 1. The Hall–Kier alpha value is -1.58. The smallest absolute Gasteiger partial charge is 0.271 e. The Balaban J connectivity index is 2.20. The van der Waals surface area contributed by atoms with Crippen LogP contribution in [0.25, 0.3) is 0 Å². The maximum atomic E-state index is 12.3. The van der Waals surface area contributed by atoms with E-state index in [4.69, 9.17) is 23.2 Å². The zero-order valence-electron chi connectivity index (χ0n) is 11.9. The van der Waals surface area contributed by atoms with Crippen LogP contribution in [0, 0.1) is 6.92 Å². The van der Waals surface area contributed by atoms with Crippen molar-refractivity contribution in [3.05, 3.63) is 63.4 Å². The fraction of sp³-hybridized carbons (Fsp3) is 0.250. The van der Waals surface area contributed by atoms with E-state index in [9.17, 15) is 4.79 Å². The van der Waals surface area contributed by atoms with Crippen molar-refractivity contribution in [1.82, 2.24) is 10.3 Å². The molecule has 21 heavy (non-hydrogen) atoms. The molecule has 0 fully saturated rings. The summed E-state index contributed by atoms with van der Waals surface area (Å²) in [5.41, 5.74) is 2.38. The van der Waals surface area contributed by atoms with E-state index < -0.39 is 0 Å². The van der Waals surface area contributed by atoms with Crippen LogP contribution in [0.5, 0.6) is 0 Å². The van der Waals surface area contributed by atoms with Crippen molar-refractivity contribution in [3.8, 4) is 0 Å². The number of aryl methyl sites for hydroxylation is 1. The summed E-state index contributed by atoms with van der Waals surface area (Å²) in [4.78, 5) is 16.3. The fourth-order valence-corrected chi connectivity index (χ4v) is 2.36. The molecule has 0 spiro atoms. The first kappa shape index (κ1) is 15.8. The Morgan fingerprint density at radius 1 is 1.19 bits per heavy atom. The Morgan fingerprint density at radius 3 is 2.48 bits per heavy atom.